The van der Waals surface area contributed by atoms with E-state index in [1.807, 2.05) is 34.9 Å². The molecule has 5 heterocycles. The zero-order valence-electron chi connectivity index (χ0n) is 79.4. The van der Waals surface area contributed by atoms with Crippen LogP contribution in [0.15, 0.2) is 146 Å². The maximum atomic E-state index is 10.4. The van der Waals surface area contributed by atoms with Gasteiger partial charge in [0, 0.05) is 88.1 Å². The van der Waals surface area contributed by atoms with Gasteiger partial charge in [0.1, 0.15) is 5.82 Å². The Bertz CT molecular complexity index is 5470. The number of benzene rings is 7. The average Bonchev–Trinajstić information content (AvgIpc) is 0.956. The molecule has 1 saturated heterocycles. The molecule has 7 heteroatoms. The second kappa shape index (κ2) is 18.6. The zero-order valence-corrected chi connectivity index (χ0v) is 44.6. The van der Waals surface area contributed by atoms with Crippen molar-refractivity contribution >= 4 is 46.1 Å². The number of imidazole rings is 1. The Hall–Kier alpha value is -6.33. The van der Waals surface area contributed by atoms with E-state index in [1.165, 1.54) is 88.8 Å². The van der Waals surface area contributed by atoms with E-state index < -0.39 is 196 Å². The normalized spacial score (nSPS) is 29.4. The molecular formula is C71H70N4OPtSi-2. The van der Waals surface area contributed by atoms with Gasteiger partial charge in [-0.1, -0.05) is 195 Å². The van der Waals surface area contributed by atoms with Crippen LogP contribution in [0.4, 0.5) is 0 Å². The smallest absolute Gasteiger partial charge is 0.268 e. The predicted molar refractivity (Wildman–Crippen MR) is 319 cm³/mol. The SMILES string of the molecule is [2H]c1c([2H])c2c(c([2H])c1-c1cccc(-c3c([2H])c([2H])c4c(c3[2H])C(C([2H])([2H])[2H])(C([2H])([2H])[2H])C([2H])([2H])C([2H])([2H])C4(C([2H])([2H])[2H])C([2H])([2H])[2H])c1-[n+]1[c-]n(-c3[c-]c(Oc4[c-]c5c(cc4)c4ccccc4n5-c4cc5c(cn4)[Si]4(CCCC4)CCC5)ccc3)c3ccccc31)C(C([2H])([2H])[2H])(C([2H])([2H])[2H])C([2H])([2H])C([2H])([2H])C2(C([2H])([2H])[2H])C([2H])([2H])[2H].[Pt]. The third kappa shape index (κ3) is 8.24. The van der Waals surface area contributed by atoms with Gasteiger partial charge in [0.25, 0.3) is 6.33 Å². The van der Waals surface area contributed by atoms with Crippen LogP contribution in [-0.4, -0.2) is 22.2 Å². The summed E-state index contributed by atoms with van der Waals surface area (Å²) in [5.41, 5.74) is -29.0. The van der Waals surface area contributed by atoms with Gasteiger partial charge < -0.3 is 13.9 Å². The third-order valence-corrected chi connectivity index (χ3v) is 21.1. The number of hydrogen-bond acceptors (Lipinski definition) is 2. The van der Waals surface area contributed by atoms with E-state index in [4.69, 9.17) is 42.6 Å². The van der Waals surface area contributed by atoms with Crippen LogP contribution >= 0.6 is 0 Å². The molecule has 396 valence electrons. The van der Waals surface area contributed by atoms with Crippen molar-refractivity contribution in [3.63, 3.8) is 0 Å². The van der Waals surface area contributed by atoms with Gasteiger partial charge in [-0.15, -0.1) is 29.7 Å². The molecule has 3 aromatic heterocycles. The van der Waals surface area contributed by atoms with E-state index in [-0.39, 0.29) is 49.3 Å². The predicted octanol–water partition coefficient (Wildman–Crippen LogP) is 17.0. The molecule has 1 fully saturated rings. The van der Waals surface area contributed by atoms with Crippen LogP contribution in [0.1, 0.15) is 179 Å². The van der Waals surface area contributed by atoms with Crippen molar-refractivity contribution in [3.05, 3.63) is 192 Å². The zero-order chi connectivity index (χ0) is 85.0. The van der Waals surface area contributed by atoms with Gasteiger partial charge in [-0.25, -0.2) is 4.98 Å². The molecule has 0 atom stereocenters. The second-order valence-corrected chi connectivity index (χ2v) is 25.0. The Morgan fingerprint density at radius 3 is 1.91 bits per heavy atom. The van der Waals surface area contributed by atoms with Crippen molar-refractivity contribution in [2.75, 3.05) is 0 Å². The molecule has 10 aromatic rings. The number of aromatic nitrogens is 4. The van der Waals surface area contributed by atoms with Crippen LogP contribution in [0.5, 0.6) is 11.5 Å². The van der Waals surface area contributed by atoms with E-state index in [0.717, 1.165) is 51.9 Å². The van der Waals surface area contributed by atoms with Crippen molar-refractivity contribution in [1.29, 1.82) is 0 Å². The first-order valence-corrected chi connectivity index (χ1v) is 27.9. The van der Waals surface area contributed by atoms with Crippen LogP contribution in [0, 0.1) is 18.5 Å². The van der Waals surface area contributed by atoms with E-state index in [2.05, 4.69) is 30.7 Å². The van der Waals surface area contributed by atoms with E-state index in [9.17, 15) is 19.2 Å². The van der Waals surface area contributed by atoms with E-state index >= 15 is 0 Å². The van der Waals surface area contributed by atoms with Crippen LogP contribution in [-0.2, 0) is 49.1 Å². The van der Waals surface area contributed by atoms with E-state index in [1.54, 1.807) is 6.07 Å². The fourth-order valence-corrected chi connectivity index (χ4v) is 17.4. The molecule has 7 aromatic carbocycles. The summed E-state index contributed by atoms with van der Waals surface area (Å²) >= 11 is 0. The Morgan fingerprint density at radius 2 is 1.23 bits per heavy atom. The molecule has 78 heavy (non-hydrogen) atoms. The molecule has 5 nitrogen and oxygen atoms in total. The Kier molecular flexibility index (Phi) is 5.78. The third-order valence-electron chi connectivity index (χ3n) is 15.6. The first kappa shape index (κ1) is 24.2. The molecular weight excluding hydrogens is 1150 g/mol. The topological polar surface area (TPSA) is 35.9 Å². The van der Waals surface area contributed by atoms with Crippen molar-refractivity contribution in [1.82, 2.24) is 14.1 Å². The first-order valence-electron chi connectivity index (χ1n) is 44.2. The molecule has 0 radical (unpaired) electrons. The van der Waals surface area contributed by atoms with Crippen molar-refractivity contribution < 1.29 is 82.5 Å². The minimum absolute atomic E-state index is 0. The standard InChI is InChI=1S/C71H70N4OSi.Pt/c1-68(2)33-35-70(5,6)59-40-47(27-31-57(59)68)53-22-16-23-54(48-28-32-58-60(41-48)71(7,8)36-34-69(58,3)4)67(53)74-46-73(62-25-11-12-26-63(62)74)50-19-15-20-51(43-50)76-52-29-30-56-55-21-9-10-24-61(55)75(64(56)44-52)66-42-49-18-17-39-77(37-13-14-38-77)65(49)45-72-66;/h9-12,15-16,19-32,40-42,45H,13-14,17-18,33-39H2,1-8H3;/q-2;/i1D3,2D3,3D3,4D3,5D3,6D3,7D3,8D3,27D,28D,31D,32D,33D2,34D2,35D2,36D2,40D,41D;. The fourth-order valence-electron chi connectivity index (χ4n) is 12.0. The number of ether oxygens (including phenoxy) is 1. The van der Waals surface area contributed by atoms with Crippen LogP contribution in [0.25, 0.3) is 72.3 Å². The number of hydrogen-bond donors (Lipinski definition) is 0. The van der Waals surface area contributed by atoms with Crippen molar-refractivity contribution in [3.8, 4) is 50.9 Å². The number of rotatable bonds is 7. The first-order chi connectivity index (χ1) is 52.7. The average molecular weight is 1260 g/mol. The molecule has 2 aliphatic heterocycles. The second-order valence-electron chi connectivity index (χ2n) is 20.4. The van der Waals surface area contributed by atoms with Crippen molar-refractivity contribution in [2.45, 2.75) is 146 Å². The number of nitrogens with zero attached hydrogens (tertiary/aromatic N) is 4. The largest absolute Gasteiger partial charge is 0.510 e. The van der Waals surface area contributed by atoms with E-state index in [0.29, 0.717) is 11.3 Å². The summed E-state index contributed by atoms with van der Waals surface area (Å²) in [5.74, 6) is 0.841. The maximum Gasteiger partial charge on any atom is 0.268 e. The van der Waals surface area contributed by atoms with Crippen molar-refractivity contribution in [2.24, 2.45) is 0 Å². The van der Waals surface area contributed by atoms with Gasteiger partial charge in [0.2, 0.25) is 0 Å². The van der Waals surface area contributed by atoms with Crippen LogP contribution < -0.4 is 14.5 Å². The van der Waals surface area contributed by atoms with Crippen LogP contribution in [0.2, 0.25) is 18.1 Å². The minimum atomic E-state index is -4.85. The quantitative estimate of drug-likeness (QED) is 0.0906. The summed E-state index contributed by atoms with van der Waals surface area (Å²) < 4.78 is 364. The Morgan fingerprint density at radius 1 is 0.628 bits per heavy atom. The molecule has 0 amide bonds. The van der Waals surface area contributed by atoms with Gasteiger partial charge in [0.05, 0.1) is 33.0 Å². The van der Waals surface area contributed by atoms with Gasteiger partial charge in [-0.05, 0) is 132 Å². The monoisotopic (exact) mass is 1260 g/mol. The number of aryl methyl sites for hydroxylation is 1. The molecule has 0 bridgehead atoms. The molecule has 1 spiro atoms. The Balaban J connectivity index is 0.0000117. The summed E-state index contributed by atoms with van der Waals surface area (Å²) in [6, 6.07) is 26.3. The molecule has 0 N–H and O–H groups in total. The van der Waals surface area contributed by atoms with Gasteiger partial charge in [-0.2, -0.15) is 18.2 Å². The van der Waals surface area contributed by atoms with Gasteiger partial charge in [0.15, 0.2) is 0 Å². The number of pyridine rings is 1. The molecule has 2 aliphatic carbocycles. The summed E-state index contributed by atoms with van der Waals surface area (Å²) in [6.45, 7) is -36.4. The maximum absolute atomic E-state index is 10.4. The number of fused-ring (bicyclic) bond motifs is 8. The molecule has 0 saturated carbocycles. The summed E-state index contributed by atoms with van der Waals surface area (Å²) in [4.78, 5) is 5.13. The Labute approximate surface area is 530 Å². The summed E-state index contributed by atoms with van der Waals surface area (Å²) in [6.07, 6.45) is -9.74. The minimum Gasteiger partial charge on any atom is -0.510 e. The van der Waals surface area contributed by atoms with Gasteiger partial charge in [-0.3, -0.25) is 4.57 Å². The van der Waals surface area contributed by atoms with Gasteiger partial charge >= 0.3 is 0 Å². The van der Waals surface area contributed by atoms with Crippen LogP contribution in [0.3, 0.4) is 0 Å². The molecule has 14 rings (SSSR count). The number of para-hydroxylation sites is 4. The summed E-state index contributed by atoms with van der Waals surface area (Å²) in [5, 5.41) is 3.10. The molecule has 0 unspecified atom stereocenters. The fraction of sp³-hybridized carbons (Fsp3) is 0.324. The molecule has 4 aliphatic rings. The summed E-state index contributed by atoms with van der Waals surface area (Å²) in [7, 11) is -1.71.